The zero-order valence-electron chi connectivity index (χ0n) is 12.3. The third-order valence-corrected chi connectivity index (χ3v) is 3.47. The summed E-state index contributed by atoms with van der Waals surface area (Å²) in [6.45, 7) is 2.90. The minimum Gasteiger partial charge on any atom is -0.492 e. The molecule has 0 aliphatic carbocycles. The van der Waals surface area contributed by atoms with E-state index in [1.165, 1.54) is 6.07 Å². The van der Waals surface area contributed by atoms with Gasteiger partial charge in [0, 0.05) is 12.5 Å². The summed E-state index contributed by atoms with van der Waals surface area (Å²) in [4.78, 5) is 12.0. The quantitative estimate of drug-likeness (QED) is 0.877. The maximum atomic E-state index is 12.8. The van der Waals surface area contributed by atoms with E-state index in [-0.39, 0.29) is 29.8 Å². The Morgan fingerprint density at radius 3 is 2.82 bits per heavy atom. The fraction of sp³-hybridized carbons (Fsp3) is 0.533. The molecule has 1 heterocycles. The molecule has 1 fully saturated rings. The summed E-state index contributed by atoms with van der Waals surface area (Å²) in [5.74, 6) is -0.0806. The van der Waals surface area contributed by atoms with Gasteiger partial charge in [0.05, 0.1) is 17.9 Å². The fourth-order valence-corrected chi connectivity index (χ4v) is 2.44. The van der Waals surface area contributed by atoms with Crippen LogP contribution in [0.5, 0.6) is 5.75 Å². The predicted octanol–water partition coefficient (Wildman–Crippen LogP) is 3.18. The van der Waals surface area contributed by atoms with Crippen molar-refractivity contribution < 1.29 is 22.7 Å². The van der Waals surface area contributed by atoms with Crippen LogP contribution in [0.1, 0.15) is 31.7 Å². The number of hydrogen-bond acceptors (Lipinski definition) is 3. The van der Waals surface area contributed by atoms with Crippen LogP contribution in [0, 0.1) is 0 Å². The highest BCUT2D eigenvalue weighted by atomic mass is 19.4. The monoisotopic (exact) mass is 316 g/mol. The fourth-order valence-electron chi connectivity index (χ4n) is 2.44. The van der Waals surface area contributed by atoms with Gasteiger partial charge in [0.15, 0.2) is 0 Å². The third kappa shape index (κ3) is 4.37. The molecular formula is C15H19F3N2O2. The first-order chi connectivity index (χ1) is 10.4. The first-order valence-corrected chi connectivity index (χ1v) is 7.27. The van der Waals surface area contributed by atoms with Crippen molar-refractivity contribution in [2.75, 3.05) is 18.5 Å². The van der Waals surface area contributed by atoms with Crippen LogP contribution in [0.4, 0.5) is 18.9 Å². The second kappa shape index (κ2) is 7.00. The summed E-state index contributed by atoms with van der Waals surface area (Å²) in [5.41, 5.74) is -0.759. The van der Waals surface area contributed by atoms with Gasteiger partial charge < -0.3 is 15.4 Å². The van der Waals surface area contributed by atoms with E-state index in [0.29, 0.717) is 6.61 Å². The molecule has 0 spiro atoms. The van der Waals surface area contributed by atoms with Crippen LogP contribution in [-0.2, 0) is 11.0 Å². The van der Waals surface area contributed by atoms with E-state index in [9.17, 15) is 18.0 Å². The largest absolute Gasteiger partial charge is 0.492 e. The molecule has 0 aromatic heterocycles. The van der Waals surface area contributed by atoms with Crippen LogP contribution in [0.2, 0.25) is 0 Å². The number of benzene rings is 1. The van der Waals surface area contributed by atoms with Gasteiger partial charge in [0.1, 0.15) is 5.75 Å². The van der Waals surface area contributed by atoms with Crippen LogP contribution in [0.3, 0.4) is 0 Å². The van der Waals surface area contributed by atoms with E-state index in [1.54, 1.807) is 6.92 Å². The van der Waals surface area contributed by atoms with Gasteiger partial charge in [0.25, 0.3) is 0 Å². The molecule has 2 rings (SSSR count). The lowest BCUT2D eigenvalue weighted by molar-refractivity contribution is -0.137. The standard InChI is InChI=1S/C15H19F3N2O2/c1-2-22-13-6-5-10(15(16,17)18)8-12(13)20-14(21)9-11-4-3-7-19-11/h5-6,8,11,19H,2-4,7,9H2,1H3,(H,20,21). The highest BCUT2D eigenvalue weighted by Gasteiger charge is 2.31. The number of nitrogens with one attached hydrogen (secondary N) is 2. The molecule has 22 heavy (non-hydrogen) atoms. The second-order valence-corrected chi connectivity index (χ2v) is 5.19. The second-order valence-electron chi connectivity index (χ2n) is 5.19. The number of anilines is 1. The van der Waals surface area contributed by atoms with Crippen molar-refractivity contribution in [1.29, 1.82) is 0 Å². The zero-order valence-corrected chi connectivity index (χ0v) is 12.3. The average molecular weight is 316 g/mol. The SMILES string of the molecule is CCOc1ccc(C(F)(F)F)cc1NC(=O)CC1CCCN1. The molecule has 2 N–H and O–H groups in total. The summed E-state index contributed by atoms with van der Waals surface area (Å²) in [6.07, 6.45) is -2.32. The lowest BCUT2D eigenvalue weighted by Crippen LogP contribution is -2.27. The van der Waals surface area contributed by atoms with E-state index in [4.69, 9.17) is 4.74 Å². The minimum absolute atomic E-state index is 0.0553. The number of carbonyl (C=O) groups is 1. The van der Waals surface area contributed by atoms with Gasteiger partial charge in [-0.05, 0) is 44.5 Å². The molecule has 1 aliphatic heterocycles. The van der Waals surface area contributed by atoms with Crippen molar-refractivity contribution in [2.45, 2.75) is 38.4 Å². The van der Waals surface area contributed by atoms with Crippen molar-refractivity contribution >= 4 is 11.6 Å². The normalized spacial score (nSPS) is 18.3. The number of amides is 1. The molecule has 0 bridgehead atoms. The summed E-state index contributed by atoms with van der Waals surface area (Å²) in [7, 11) is 0. The summed E-state index contributed by atoms with van der Waals surface area (Å²) in [6, 6.07) is 3.17. The number of halogens is 3. The van der Waals surface area contributed by atoms with E-state index in [2.05, 4.69) is 10.6 Å². The Kier molecular flexibility index (Phi) is 5.28. The maximum Gasteiger partial charge on any atom is 0.416 e. The molecule has 1 aromatic rings. The van der Waals surface area contributed by atoms with Gasteiger partial charge in [0.2, 0.25) is 5.91 Å². The zero-order chi connectivity index (χ0) is 16.2. The molecule has 1 saturated heterocycles. The molecule has 4 nitrogen and oxygen atoms in total. The van der Waals surface area contributed by atoms with Gasteiger partial charge in [-0.1, -0.05) is 0 Å². The molecule has 1 aliphatic rings. The van der Waals surface area contributed by atoms with E-state index in [0.717, 1.165) is 31.5 Å². The average Bonchev–Trinajstić information content (AvgIpc) is 2.92. The van der Waals surface area contributed by atoms with Crippen molar-refractivity contribution in [3.8, 4) is 5.75 Å². The third-order valence-electron chi connectivity index (χ3n) is 3.47. The highest BCUT2D eigenvalue weighted by Crippen LogP contribution is 2.35. The molecule has 1 atom stereocenters. The Morgan fingerprint density at radius 1 is 1.45 bits per heavy atom. The molecule has 1 amide bonds. The first kappa shape index (κ1) is 16.6. The summed E-state index contributed by atoms with van der Waals surface area (Å²) < 4.78 is 43.6. The smallest absolute Gasteiger partial charge is 0.416 e. The first-order valence-electron chi connectivity index (χ1n) is 7.27. The number of hydrogen-bond donors (Lipinski definition) is 2. The van der Waals surface area contributed by atoms with Crippen LogP contribution in [0.15, 0.2) is 18.2 Å². The van der Waals surface area contributed by atoms with Crippen molar-refractivity contribution in [3.63, 3.8) is 0 Å². The predicted molar refractivity (Wildman–Crippen MR) is 76.9 cm³/mol. The van der Waals surface area contributed by atoms with Gasteiger partial charge in [-0.25, -0.2) is 0 Å². The molecule has 122 valence electrons. The molecule has 0 radical (unpaired) electrons. The molecule has 0 saturated carbocycles. The number of alkyl halides is 3. The van der Waals surface area contributed by atoms with E-state index in [1.807, 2.05) is 0 Å². The maximum absolute atomic E-state index is 12.8. The van der Waals surface area contributed by atoms with Crippen molar-refractivity contribution in [1.82, 2.24) is 5.32 Å². The lowest BCUT2D eigenvalue weighted by atomic mass is 10.1. The Balaban J connectivity index is 2.13. The van der Waals surface area contributed by atoms with Crippen LogP contribution in [0.25, 0.3) is 0 Å². The van der Waals surface area contributed by atoms with Crippen molar-refractivity contribution in [2.24, 2.45) is 0 Å². The van der Waals surface area contributed by atoms with Crippen LogP contribution in [-0.4, -0.2) is 25.1 Å². The molecule has 1 unspecified atom stereocenters. The van der Waals surface area contributed by atoms with E-state index >= 15 is 0 Å². The van der Waals surface area contributed by atoms with Crippen LogP contribution < -0.4 is 15.4 Å². The van der Waals surface area contributed by atoms with Gasteiger partial charge in [-0.3, -0.25) is 4.79 Å². The van der Waals surface area contributed by atoms with Crippen LogP contribution >= 0.6 is 0 Å². The molecule has 7 heteroatoms. The minimum atomic E-state index is -4.46. The van der Waals surface area contributed by atoms with Gasteiger partial charge >= 0.3 is 6.18 Å². The van der Waals surface area contributed by atoms with Gasteiger partial charge in [-0.2, -0.15) is 13.2 Å². The number of carbonyl (C=O) groups excluding carboxylic acids is 1. The summed E-state index contributed by atoms with van der Waals surface area (Å²) >= 11 is 0. The van der Waals surface area contributed by atoms with Gasteiger partial charge in [-0.15, -0.1) is 0 Å². The Morgan fingerprint density at radius 2 is 2.23 bits per heavy atom. The lowest BCUT2D eigenvalue weighted by Gasteiger charge is -2.16. The topological polar surface area (TPSA) is 50.4 Å². The molecular weight excluding hydrogens is 297 g/mol. The summed E-state index contributed by atoms with van der Waals surface area (Å²) in [5, 5.41) is 5.71. The molecule has 1 aromatic carbocycles. The Labute approximate surface area is 127 Å². The van der Waals surface area contributed by atoms with Crippen molar-refractivity contribution in [3.05, 3.63) is 23.8 Å². The van der Waals surface area contributed by atoms with E-state index < -0.39 is 11.7 Å². The Bertz CT molecular complexity index is 526. The number of rotatable bonds is 5. The number of ether oxygens (including phenoxy) is 1. The highest BCUT2D eigenvalue weighted by molar-refractivity contribution is 5.92. The Hall–Kier alpha value is -1.76.